The zero-order valence-electron chi connectivity index (χ0n) is 22.7. The van der Waals surface area contributed by atoms with Crippen molar-refractivity contribution in [2.45, 2.75) is 45.6 Å². The summed E-state index contributed by atoms with van der Waals surface area (Å²) < 4.78 is 5.53. The number of carbonyl (C=O) groups is 2. The number of amides is 1. The molecular formula is C32H34N4O3. The minimum atomic E-state index is -0.124. The number of ketones is 1. The Kier molecular flexibility index (Phi) is 7.70. The Hall–Kier alpha value is -4.10. The van der Waals surface area contributed by atoms with E-state index in [0.717, 1.165) is 31.5 Å². The van der Waals surface area contributed by atoms with E-state index in [0.29, 0.717) is 35.1 Å². The minimum absolute atomic E-state index is 0.0539. The van der Waals surface area contributed by atoms with Gasteiger partial charge in [0.2, 0.25) is 17.6 Å². The number of carbonyl (C=O) groups excluding carboxylic acids is 2. The molecule has 5 rings (SSSR count). The largest absolute Gasteiger partial charge is 0.338 e. The number of nitrogens with one attached hydrogen (secondary N) is 1. The molecule has 7 nitrogen and oxygen atoms in total. The van der Waals surface area contributed by atoms with Crippen LogP contribution < -0.4 is 5.32 Å². The molecule has 0 aliphatic carbocycles. The minimum Gasteiger partial charge on any atom is -0.338 e. The number of benzene rings is 3. The molecule has 0 spiro atoms. The Balaban J connectivity index is 1.15. The van der Waals surface area contributed by atoms with E-state index in [2.05, 4.69) is 53.3 Å². The highest BCUT2D eigenvalue weighted by Gasteiger charge is 2.27. The molecule has 0 unspecified atom stereocenters. The summed E-state index contributed by atoms with van der Waals surface area (Å²) >= 11 is 0. The van der Waals surface area contributed by atoms with E-state index in [9.17, 15) is 9.59 Å². The first-order chi connectivity index (χ1) is 18.8. The molecule has 1 saturated heterocycles. The van der Waals surface area contributed by atoms with Crippen LogP contribution in [0.3, 0.4) is 0 Å². The van der Waals surface area contributed by atoms with Crippen molar-refractivity contribution in [3.05, 3.63) is 101 Å². The zero-order valence-corrected chi connectivity index (χ0v) is 22.7. The van der Waals surface area contributed by atoms with E-state index in [-0.39, 0.29) is 23.0 Å². The molecule has 0 bridgehead atoms. The van der Waals surface area contributed by atoms with E-state index in [1.54, 1.807) is 24.3 Å². The van der Waals surface area contributed by atoms with Gasteiger partial charge in [-0.1, -0.05) is 92.7 Å². The van der Waals surface area contributed by atoms with E-state index in [1.807, 2.05) is 42.5 Å². The van der Waals surface area contributed by atoms with Crippen molar-refractivity contribution in [3.8, 4) is 11.4 Å². The second-order valence-electron chi connectivity index (χ2n) is 11.1. The number of rotatable bonds is 7. The second-order valence-corrected chi connectivity index (χ2v) is 11.1. The molecule has 0 atom stereocenters. The fourth-order valence-corrected chi connectivity index (χ4v) is 4.87. The van der Waals surface area contributed by atoms with Crippen LogP contribution in [0.5, 0.6) is 0 Å². The lowest BCUT2D eigenvalue weighted by molar-refractivity contribution is -0.121. The van der Waals surface area contributed by atoms with Gasteiger partial charge in [-0.15, -0.1) is 0 Å². The van der Waals surface area contributed by atoms with Crippen LogP contribution in [0.1, 0.15) is 61.0 Å². The van der Waals surface area contributed by atoms with Gasteiger partial charge >= 0.3 is 0 Å². The molecule has 39 heavy (non-hydrogen) atoms. The van der Waals surface area contributed by atoms with E-state index in [1.165, 1.54) is 5.56 Å². The summed E-state index contributed by atoms with van der Waals surface area (Å²) in [4.78, 5) is 32.9. The van der Waals surface area contributed by atoms with Crippen molar-refractivity contribution in [1.29, 1.82) is 0 Å². The smallest absolute Gasteiger partial charge is 0.241 e. The van der Waals surface area contributed by atoms with Gasteiger partial charge in [-0.25, -0.2) is 0 Å². The van der Waals surface area contributed by atoms with Gasteiger partial charge in [0, 0.05) is 22.6 Å². The number of anilines is 1. The van der Waals surface area contributed by atoms with Crippen LogP contribution in [0.15, 0.2) is 83.4 Å². The summed E-state index contributed by atoms with van der Waals surface area (Å²) in [6.07, 6.45) is 1.44. The molecule has 1 N–H and O–H groups in total. The lowest BCUT2D eigenvalue weighted by atomic mass is 9.87. The number of aromatic nitrogens is 2. The van der Waals surface area contributed by atoms with Gasteiger partial charge in [0.15, 0.2) is 5.78 Å². The number of hydrogen-bond acceptors (Lipinski definition) is 6. The summed E-state index contributed by atoms with van der Waals surface area (Å²) in [6, 6.07) is 24.6. The van der Waals surface area contributed by atoms with Crippen LogP contribution in [0.25, 0.3) is 11.4 Å². The zero-order chi connectivity index (χ0) is 27.4. The number of nitrogens with zero attached hydrogens (tertiary/aromatic N) is 3. The lowest BCUT2D eigenvalue weighted by Crippen LogP contribution is -2.38. The average molecular weight is 523 g/mol. The summed E-state index contributed by atoms with van der Waals surface area (Å²) in [5.41, 5.74) is 3.92. The standard InChI is InChI=1S/C32H34N4O3/c1-32(2,3)25-15-13-23(14-16-25)30-34-28(39-35-30)21-36-19-17-24(18-20-36)31(38)33-27-12-8-7-11-26(27)29(37)22-9-5-4-6-10-22/h4-16,24H,17-21H2,1-3H3,(H,33,38). The van der Waals surface area contributed by atoms with E-state index >= 15 is 0 Å². The van der Waals surface area contributed by atoms with Crippen LogP contribution in [0, 0.1) is 5.92 Å². The average Bonchev–Trinajstić information content (AvgIpc) is 3.42. The van der Waals surface area contributed by atoms with Gasteiger partial charge < -0.3 is 9.84 Å². The van der Waals surface area contributed by atoms with Crippen LogP contribution in [-0.2, 0) is 16.8 Å². The number of hydrogen-bond donors (Lipinski definition) is 1. The fraction of sp³-hybridized carbons (Fsp3) is 0.312. The fourth-order valence-electron chi connectivity index (χ4n) is 4.87. The van der Waals surface area contributed by atoms with Gasteiger partial charge in [0.25, 0.3) is 0 Å². The molecule has 2 heterocycles. The van der Waals surface area contributed by atoms with Crippen LogP contribution in [-0.4, -0.2) is 39.8 Å². The van der Waals surface area contributed by atoms with Crippen molar-refractivity contribution in [3.63, 3.8) is 0 Å². The molecule has 1 aliphatic rings. The van der Waals surface area contributed by atoms with E-state index < -0.39 is 0 Å². The van der Waals surface area contributed by atoms with Crippen molar-refractivity contribution in [2.24, 2.45) is 5.92 Å². The summed E-state index contributed by atoms with van der Waals surface area (Å²) in [5, 5.41) is 7.18. The molecule has 0 saturated carbocycles. The summed E-state index contributed by atoms with van der Waals surface area (Å²) in [5.74, 6) is 0.873. The molecular weight excluding hydrogens is 488 g/mol. The molecule has 1 amide bonds. The van der Waals surface area contributed by atoms with Crippen LogP contribution in [0.2, 0.25) is 0 Å². The van der Waals surface area contributed by atoms with Gasteiger partial charge in [0.05, 0.1) is 12.2 Å². The van der Waals surface area contributed by atoms with Crippen molar-refractivity contribution in [2.75, 3.05) is 18.4 Å². The maximum Gasteiger partial charge on any atom is 0.241 e. The van der Waals surface area contributed by atoms with Gasteiger partial charge in [-0.05, 0) is 49.0 Å². The first kappa shape index (κ1) is 26.5. The lowest BCUT2D eigenvalue weighted by Gasteiger charge is -2.30. The molecule has 4 aromatic rings. The Labute approximate surface area is 229 Å². The van der Waals surface area contributed by atoms with Gasteiger partial charge in [-0.3, -0.25) is 14.5 Å². The molecule has 7 heteroatoms. The first-order valence-corrected chi connectivity index (χ1v) is 13.4. The Morgan fingerprint density at radius 1 is 0.923 bits per heavy atom. The molecule has 200 valence electrons. The third-order valence-electron chi connectivity index (χ3n) is 7.26. The Morgan fingerprint density at radius 3 is 2.28 bits per heavy atom. The normalized spacial score (nSPS) is 14.7. The first-order valence-electron chi connectivity index (χ1n) is 13.4. The van der Waals surface area contributed by atoms with Crippen molar-refractivity contribution < 1.29 is 14.1 Å². The molecule has 1 aliphatic heterocycles. The highest BCUT2D eigenvalue weighted by Crippen LogP contribution is 2.26. The Morgan fingerprint density at radius 2 is 1.59 bits per heavy atom. The number of piperidine rings is 1. The monoisotopic (exact) mass is 522 g/mol. The quantitative estimate of drug-likeness (QED) is 0.294. The van der Waals surface area contributed by atoms with E-state index in [4.69, 9.17) is 4.52 Å². The Bertz CT molecular complexity index is 1430. The molecule has 3 aromatic carbocycles. The van der Waals surface area contributed by atoms with Gasteiger partial charge in [0.1, 0.15) is 0 Å². The highest BCUT2D eigenvalue weighted by molar-refractivity contribution is 6.13. The third-order valence-corrected chi connectivity index (χ3v) is 7.26. The molecule has 1 aromatic heterocycles. The highest BCUT2D eigenvalue weighted by atomic mass is 16.5. The predicted octanol–water partition coefficient (Wildman–Crippen LogP) is 6.12. The maximum atomic E-state index is 13.1. The number of likely N-dealkylation sites (tertiary alicyclic amines) is 1. The van der Waals surface area contributed by atoms with Crippen LogP contribution in [0.4, 0.5) is 5.69 Å². The van der Waals surface area contributed by atoms with Gasteiger partial charge in [-0.2, -0.15) is 4.98 Å². The third kappa shape index (κ3) is 6.32. The molecule has 1 fully saturated rings. The SMILES string of the molecule is CC(C)(C)c1ccc(-c2noc(CN3CCC(C(=O)Nc4ccccc4C(=O)c4ccccc4)CC3)n2)cc1. The topological polar surface area (TPSA) is 88.3 Å². The van der Waals surface area contributed by atoms with Crippen LogP contribution >= 0.6 is 0 Å². The summed E-state index contributed by atoms with van der Waals surface area (Å²) in [6.45, 7) is 8.62. The predicted molar refractivity (Wildman–Crippen MR) is 151 cm³/mol. The second kappa shape index (κ2) is 11.3. The summed E-state index contributed by atoms with van der Waals surface area (Å²) in [7, 11) is 0. The number of para-hydroxylation sites is 1. The van der Waals surface area contributed by atoms with Crippen molar-refractivity contribution >= 4 is 17.4 Å². The van der Waals surface area contributed by atoms with Crippen molar-refractivity contribution in [1.82, 2.24) is 15.0 Å². The maximum absolute atomic E-state index is 13.1. The molecule has 0 radical (unpaired) electrons.